The van der Waals surface area contributed by atoms with Gasteiger partial charge in [0.05, 0.1) is 0 Å². The molecule has 1 aromatic heterocycles. The lowest BCUT2D eigenvalue weighted by atomic mass is 9.92. The number of hydrogen-bond acceptors (Lipinski definition) is 3. The molecule has 3 rings (SSSR count). The number of nitrogens with one attached hydrogen (secondary N) is 1. The Kier molecular flexibility index (Phi) is 2.84. The van der Waals surface area contributed by atoms with E-state index in [1.165, 1.54) is 6.07 Å². The van der Waals surface area contributed by atoms with Gasteiger partial charge in [-0.1, -0.05) is 12.1 Å². The van der Waals surface area contributed by atoms with Gasteiger partial charge in [-0.2, -0.15) is 0 Å². The van der Waals surface area contributed by atoms with Gasteiger partial charge in [0.15, 0.2) is 11.4 Å². The van der Waals surface area contributed by atoms with Crippen LogP contribution in [0.25, 0.3) is 11.0 Å². The van der Waals surface area contributed by atoms with Crippen LogP contribution in [0.4, 0.5) is 4.39 Å². The highest BCUT2D eigenvalue weighted by molar-refractivity contribution is 5.78. The zero-order chi connectivity index (χ0) is 12.6. The number of furan rings is 1. The first-order valence-electron chi connectivity index (χ1n) is 6.31. The van der Waals surface area contributed by atoms with E-state index in [-0.39, 0.29) is 11.4 Å². The second kappa shape index (κ2) is 4.37. The number of aliphatic hydroxyl groups is 1. The highest BCUT2D eigenvalue weighted by atomic mass is 19.1. The summed E-state index contributed by atoms with van der Waals surface area (Å²) >= 11 is 0. The smallest absolute Gasteiger partial charge is 0.170 e. The predicted octanol–water partition coefficient (Wildman–Crippen LogP) is 2.53. The number of hydrogen-bond donors (Lipinski definition) is 2. The minimum Gasteiger partial charge on any atom is -0.455 e. The SMILES string of the molecule is OC1(c2cc3cccc(F)c3o2)CCCNCC1. The van der Waals surface area contributed by atoms with Crippen LogP contribution in [0.2, 0.25) is 0 Å². The van der Waals surface area contributed by atoms with Crippen molar-refractivity contribution in [1.29, 1.82) is 0 Å². The summed E-state index contributed by atoms with van der Waals surface area (Å²) in [6, 6.07) is 6.57. The lowest BCUT2D eigenvalue weighted by molar-refractivity contribution is 0.00415. The fraction of sp³-hybridized carbons (Fsp3) is 0.429. The van der Waals surface area contributed by atoms with E-state index in [4.69, 9.17) is 4.42 Å². The second-order valence-corrected chi connectivity index (χ2v) is 4.90. The van der Waals surface area contributed by atoms with Crippen molar-refractivity contribution in [3.63, 3.8) is 0 Å². The molecule has 18 heavy (non-hydrogen) atoms. The summed E-state index contributed by atoms with van der Waals surface area (Å²) in [6.45, 7) is 1.65. The van der Waals surface area contributed by atoms with Crippen LogP contribution in [0.1, 0.15) is 25.0 Å². The van der Waals surface area contributed by atoms with Gasteiger partial charge < -0.3 is 14.8 Å². The topological polar surface area (TPSA) is 45.4 Å². The van der Waals surface area contributed by atoms with E-state index in [9.17, 15) is 9.50 Å². The van der Waals surface area contributed by atoms with E-state index in [0.29, 0.717) is 24.0 Å². The Balaban J connectivity index is 2.05. The second-order valence-electron chi connectivity index (χ2n) is 4.90. The summed E-state index contributed by atoms with van der Waals surface area (Å²) in [5.74, 6) is 0.0976. The summed E-state index contributed by atoms with van der Waals surface area (Å²) in [6.07, 6.45) is 2.12. The standard InChI is InChI=1S/C14H16FNO2/c15-11-4-1-3-10-9-12(18-13(10)11)14(17)5-2-7-16-8-6-14/h1,3-4,9,16-17H,2,5-8H2. The largest absolute Gasteiger partial charge is 0.455 e. The van der Waals surface area contributed by atoms with E-state index in [1.807, 2.05) is 0 Å². The molecule has 4 heteroatoms. The summed E-state index contributed by atoms with van der Waals surface area (Å²) in [5.41, 5.74) is -0.743. The molecule has 96 valence electrons. The fourth-order valence-electron chi connectivity index (χ4n) is 2.55. The van der Waals surface area contributed by atoms with E-state index < -0.39 is 5.60 Å². The van der Waals surface area contributed by atoms with Crippen LogP contribution in [0.15, 0.2) is 28.7 Å². The highest BCUT2D eigenvalue weighted by Crippen LogP contribution is 2.35. The van der Waals surface area contributed by atoms with Crippen molar-refractivity contribution in [2.45, 2.75) is 24.9 Å². The summed E-state index contributed by atoms with van der Waals surface area (Å²) in [5, 5.41) is 14.6. The third-order valence-electron chi connectivity index (χ3n) is 3.61. The summed E-state index contributed by atoms with van der Waals surface area (Å²) in [4.78, 5) is 0. The van der Waals surface area contributed by atoms with E-state index in [1.54, 1.807) is 18.2 Å². The molecule has 2 heterocycles. The minimum atomic E-state index is -0.977. The van der Waals surface area contributed by atoms with Gasteiger partial charge in [0.1, 0.15) is 11.4 Å². The molecule has 1 unspecified atom stereocenters. The highest BCUT2D eigenvalue weighted by Gasteiger charge is 2.33. The zero-order valence-electron chi connectivity index (χ0n) is 10.1. The molecule has 2 aromatic rings. The molecule has 1 atom stereocenters. The number of rotatable bonds is 1. The fourth-order valence-corrected chi connectivity index (χ4v) is 2.55. The first kappa shape index (κ1) is 11.7. The quantitative estimate of drug-likeness (QED) is 0.816. The van der Waals surface area contributed by atoms with Gasteiger partial charge in [0.2, 0.25) is 0 Å². The third-order valence-corrected chi connectivity index (χ3v) is 3.61. The van der Waals surface area contributed by atoms with Crippen molar-refractivity contribution in [3.8, 4) is 0 Å². The van der Waals surface area contributed by atoms with Crippen molar-refractivity contribution in [2.75, 3.05) is 13.1 Å². The summed E-state index contributed by atoms with van der Waals surface area (Å²) in [7, 11) is 0. The van der Waals surface area contributed by atoms with E-state index >= 15 is 0 Å². The van der Waals surface area contributed by atoms with Gasteiger partial charge in [0, 0.05) is 5.39 Å². The Morgan fingerprint density at radius 1 is 1.28 bits per heavy atom. The van der Waals surface area contributed by atoms with Gasteiger partial charge in [-0.3, -0.25) is 0 Å². The maximum Gasteiger partial charge on any atom is 0.170 e. The zero-order valence-corrected chi connectivity index (χ0v) is 10.1. The van der Waals surface area contributed by atoms with Crippen LogP contribution in [0.5, 0.6) is 0 Å². The molecule has 0 spiro atoms. The predicted molar refractivity (Wildman–Crippen MR) is 66.8 cm³/mol. The van der Waals surface area contributed by atoms with Crippen LogP contribution in [0.3, 0.4) is 0 Å². The molecule has 0 bridgehead atoms. The molecule has 3 nitrogen and oxygen atoms in total. The molecule has 1 aliphatic heterocycles. The number of halogens is 1. The van der Waals surface area contributed by atoms with Crippen LogP contribution < -0.4 is 5.32 Å². The third kappa shape index (κ3) is 1.91. The monoisotopic (exact) mass is 249 g/mol. The van der Waals surface area contributed by atoms with Crippen molar-refractivity contribution in [1.82, 2.24) is 5.32 Å². The molecule has 0 aliphatic carbocycles. The van der Waals surface area contributed by atoms with Gasteiger partial charge in [-0.25, -0.2) is 4.39 Å². The lowest BCUT2D eigenvalue weighted by Crippen LogP contribution is -2.26. The molecule has 1 fully saturated rings. The average molecular weight is 249 g/mol. The molecule has 1 aromatic carbocycles. The minimum absolute atomic E-state index is 0.234. The van der Waals surface area contributed by atoms with Gasteiger partial charge in [-0.05, 0) is 44.5 Å². The van der Waals surface area contributed by atoms with Crippen LogP contribution >= 0.6 is 0 Å². The molecule has 2 N–H and O–H groups in total. The van der Waals surface area contributed by atoms with Gasteiger partial charge in [-0.15, -0.1) is 0 Å². The maximum atomic E-state index is 13.6. The normalized spacial score (nSPS) is 25.2. The van der Waals surface area contributed by atoms with Crippen molar-refractivity contribution in [2.24, 2.45) is 0 Å². The van der Waals surface area contributed by atoms with Crippen LogP contribution in [-0.2, 0) is 5.60 Å². The average Bonchev–Trinajstić information content (AvgIpc) is 2.69. The van der Waals surface area contributed by atoms with Crippen molar-refractivity contribution < 1.29 is 13.9 Å². The number of fused-ring (bicyclic) bond motifs is 1. The molecule has 0 saturated carbocycles. The Bertz CT molecular complexity index is 556. The van der Waals surface area contributed by atoms with Crippen LogP contribution in [0, 0.1) is 5.82 Å². The van der Waals surface area contributed by atoms with Crippen molar-refractivity contribution in [3.05, 3.63) is 35.8 Å². The first-order chi connectivity index (χ1) is 8.69. The Hall–Kier alpha value is -1.39. The van der Waals surface area contributed by atoms with Gasteiger partial charge >= 0.3 is 0 Å². The van der Waals surface area contributed by atoms with Crippen molar-refractivity contribution >= 4 is 11.0 Å². The molecular formula is C14H16FNO2. The molecule has 1 aliphatic rings. The molecular weight excluding hydrogens is 233 g/mol. The lowest BCUT2D eigenvalue weighted by Gasteiger charge is -2.23. The molecule has 0 amide bonds. The Labute approximate surface area is 105 Å². The Morgan fingerprint density at radius 2 is 2.17 bits per heavy atom. The number of para-hydroxylation sites is 1. The van der Waals surface area contributed by atoms with Crippen LogP contribution in [-0.4, -0.2) is 18.2 Å². The van der Waals surface area contributed by atoms with E-state index in [0.717, 1.165) is 19.5 Å². The molecule has 0 radical (unpaired) electrons. The summed E-state index contributed by atoms with van der Waals surface area (Å²) < 4.78 is 19.1. The van der Waals surface area contributed by atoms with E-state index in [2.05, 4.69) is 5.32 Å². The van der Waals surface area contributed by atoms with Gasteiger partial charge in [0.25, 0.3) is 0 Å². The maximum absolute atomic E-state index is 13.6. The molecule has 1 saturated heterocycles. The first-order valence-corrected chi connectivity index (χ1v) is 6.31. The Morgan fingerprint density at radius 3 is 3.00 bits per heavy atom. The number of benzene rings is 1.